The van der Waals surface area contributed by atoms with Crippen molar-refractivity contribution in [3.63, 3.8) is 0 Å². The molecule has 0 radical (unpaired) electrons. The van der Waals surface area contributed by atoms with E-state index in [0.717, 1.165) is 28.2 Å². The summed E-state index contributed by atoms with van der Waals surface area (Å²) in [5.41, 5.74) is 0.913. The third-order valence-corrected chi connectivity index (χ3v) is 4.73. The van der Waals surface area contributed by atoms with E-state index in [1.807, 2.05) is 45.0 Å². The minimum Gasteiger partial charge on any atom is -0.444 e. The Bertz CT molecular complexity index is 825. The normalized spacial score (nSPS) is 18.0. The molecule has 0 unspecified atom stereocenters. The molecule has 1 aromatic heterocycles. The molecule has 2 amide bonds. The number of carbonyl (C=O) groups excluding carboxylic acids is 2. The van der Waals surface area contributed by atoms with Gasteiger partial charge < -0.3 is 19.9 Å². The third kappa shape index (κ3) is 4.58. The van der Waals surface area contributed by atoms with Crippen LogP contribution in [0.3, 0.4) is 0 Å². The lowest BCUT2D eigenvalue weighted by atomic mass is 10.1. The van der Waals surface area contributed by atoms with E-state index in [-0.39, 0.29) is 18.0 Å². The Morgan fingerprint density at radius 3 is 2.81 bits per heavy atom. The molecule has 1 atom stereocenters. The number of hydrogen-bond acceptors (Lipinski definition) is 3. The summed E-state index contributed by atoms with van der Waals surface area (Å²) in [6.07, 6.45) is 1.35. The van der Waals surface area contributed by atoms with Gasteiger partial charge in [-0.3, -0.25) is 4.79 Å². The fourth-order valence-electron chi connectivity index (χ4n) is 3.08. The van der Waals surface area contributed by atoms with Crippen LogP contribution in [0.5, 0.6) is 0 Å². The summed E-state index contributed by atoms with van der Waals surface area (Å²) in [6.45, 7) is 6.67. The van der Waals surface area contributed by atoms with Gasteiger partial charge in [-0.1, -0.05) is 15.9 Å². The number of carbonyl (C=O) groups is 2. The summed E-state index contributed by atoms with van der Waals surface area (Å²) in [6, 6.07) is 7.58. The molecule has 2 heterocycles. The van der Waals surface area contributed by atoms with E-state index in [1.54, 1.807) is 4.90 Å². The fourth-order valence-corrected chi connectivity index (χ4v) is 3.46. The molecule has 2 N–H and O–H groups in total. The van der Waals surface area contributed by atoms with Crippen molar-refractivity contribution in [2.45, 2.75) is 45.3 Å². The number of piperidine rings is 1. The number of aromatic nitrogens is 1. The number of H-pyrrole nitrogens is 1. The first kappa shape index (κ1) is 18.8. The Hall–Kier alpha value is -2.02. The minimum atomic E-state index is -0.522. The van der Waals surface area contributed by atoms with Gasteiger partial charge in [-0.05, 0) is 57.9 Å². The second-order valence-corrected chi connectivity index (χ2v) is 8.57. The van der Waals surface area contributed by atoms with Gasteiger partial charge in [-0.15, -0.1) is 0 Å². The summed E-state index contributed by atoms with van der Waals surface area (Å²) in [5.74, 6) is -0.159. The maximum Gasteiger partial charge on any atom is 0.410 e. The van der Waals surface area contributed by atoms with E-state index in [0.29, 0.717) is 18.8 Å². The number of ether oxygens (including phenoxy) is 1. The number of benzene rings is 1. The molecule has 0 saturated carbocycles. The molecular weight excluding hydrogens is 398 g/mol. The molecule has 6 nitrogen and oxygen atoms in total. The average molecular weight is 422 g/mol. The summed E-state index contributed by atoms with van der Waals surface area (Å²) in [4.78, 5) is 29.6. The third-order valence-electron chi connectivity index (χ3n) is 4.24. The molecule has 0 spiro atoms. The van der Waals surface area contributed by atoms with E-state index < -0.39 is 5.60 Å². The maximum atomic E-state index is 12.6. The molecule has 1 fully saturated rings. The second kappa shape index (κ2) is 7.31. The SMILES string of the molecule is CC(C)(C)OC(=O)N1CCC[C@H](NC(=O)c2cc3cc(Br)ccc3[nH]2)C1. The molecule has 26 heavy (non-hydrogen) atoms. The highest BCUT2D eigenvalue weighted by molar-refractivity contribution is 9.10. The standard InChI is InChI=1S/C19H24BrN3O3/c1-19(2,3)26-18(25)23-8-4-5-14(11-23)21-17(24)16-10-12-9-13(20)6-7-15(12)22-16/h6-7,9-10,14,22H,4-5,8,11H2,1-3H3,(H,21,24)/t14-/m0/s1. The van der Waals surface area contributed by atoms with E-state index in [2.05, 4.69) is 26.2 Å². The summed E-state index contributed by atoms with van der Waals surface area (Å²) in [7, 11) is 0. The first-order valence-corrected chi connectivity index (χ1v) is 9.58. The first-order chi connectivity index (χ1) is 12.2. The number of aromatic amines is 1. The summed E-state index contributed by atoms with van der Waals surface area (Å²) < 4.78 is 6.40. The van der Waals surface area contributed by atoms with E-state index in [9.17, 15) is 9.59 Å². The second-order valence-electron chi connectivity index (χ2n) is 7.65. The van der Waals surface area contributed by atoms with Gasteiger partial charge in [0.2, 0.25) is 0 Å². The van der Waals surface area contributed by atoms with Gasteiger partial charge in [0.1, 0.15) is 11.3 Å². The van der Waals surface area contributed by atoms with Crippen LogP contribution in [0, 0.1) is 0 Å². The Kier molecular flexibility index (Phi) is 5.27. The maximum absolute atomic E-state index is 12.6. The zero-order valence-electron chi connectivity index (χ0n) is 15.3. The van der Waals surface area contributed by atoms with Crippen molar-refractivity contribution in [1.82, 2.24) is 15.2 Å². The Morgan fingerprint density at radius 1 is 1.31 bits per heavy atom. The Morgan fingerprint density at radius 2 is 2.08 bits per heavy atom. The molecule has 1 saturated heterocycles. The van der Waals surface area contributed by atoms with Crippen LogP contribution in [0.4, 0.5) is 4.79 Å². The first-order valence-electron chi connectivity index (χ1n) is 8.78. The largest absolute Gasteiger partial charge is 0.444 e. The molecule has 0 bridgehead atoms. The van der Waals surface area contributed by atoms with Crippen molar-refractivity contribution in [3.8, 4) is 0 Å². The zero-order valence-corrected chi connectivity index (χ0v) is 16.9. The molecule has 0 aliphatic carbocycles. The molecule has 2 aromatic rings. The van der Waals surface area contributed by atoms with Crippen LogP contribution in [0.25, 0.3) is 10.9 Å². The quantitative estimate of drug-likeness (QED) is 0.767. The number of fused-ring (bicyclic) bond motifs is 1. The van der Waals surface area contributed by atoms with Gasteiger partial charge in [-0.25, -0.2) is 4.79 Å². The fraction of sp³-hybridized carbons (Fsp3) is 0.474. The highest BCUT2D eigenvalue weighted by atomic mass is 79.9. The molecular formula is C19H24BrN3O3. The number of likely N-dealkylation sites (tertiary alicyclic amines) is 1. The monoisotopic (exact) mass is 421 g/mol. The lowest BCUT2D eigenvalue weighted by Crippen LogP contribution is -2.50. The molecule has 140 valence electrons. The molecule has 1 aromatic carbocycles. The van der Waals surface area contributed by atoms with Gasteiger partial charge in [-0.2, -0.15) is 0 Å². The zero-order chi connectivity index (χ0) is 18.9. The predicted molar refractivity (Wildman–Crippen MR) is 104 cm³/mol. The van der Waals surface area contributed by atoms with Crippen molar-refractivity contribution in [2.75, 3.05) is 13.1 Å². The number of halogens is 1. The molecule has 3 rings (SSSR count). The highest BCUT2D eigenvalue weighted by Crippen LogP contribution is 2.21. The lowest BCUT2D eigenvalue weighted by molar-refractivity contribution is 0.0185. The van der Waals surface area contributed by atoms with Gasteiger partial charge >= 0.3 is 6.09 Å². The predicted octanol–water partition coefficient (Wildman–Crippen LogP) is 4.06. The molecule has 7 heteroatoms. The van der Waals surface area contributed by atoms with Crippen molar-refractivity contribution in [2.24, 2.45) is 0 Å². The molecule has 1 aliphatic heterocycles. The van der Waals surface area contributed by atoms with Crippen molar-refractivity contribution in [1.29, 1.82) is 0 Å². The van der Waals surface area contributed by atoms with Crippen LogP contribution >= 0.6 is 15.9 Å². The number of nitrogens with zero attached hydrogens (tertiary/aromatic N) is 1. The van der Waals surface area contributed by atoms with Crippen LogP contribution in [0.2, 0.25) is 0 Å². The van der Waals surface area contributed by atoms with Gasteiger partial charge in [0.25, 0.3) is 5.91 Å². The van der Waals surface area contributed by atoms with E-state index in [1.165, 1.54) is 0 Å². The number of amides is 2. The van der Waals surface area contributed by atoms with Gasteiger partial charge in [0.15, 0.2) is 0 Å². The number of hydrogen-bond donors (Lipinski definition) is 2. The van der Waals surface area contributed by atoms with Gasteiger partial charge in [0.05, 0.1) is 0 Å². The highest BCUT2D eigenvalue weighted by Gasteiger charge is 2.28. The summed E-state index contributed by atoms with van der Waals surface area (Å²) >= 11 is 3.44. The van der Waals surface area contributed by atoms with Gasteiger partial charge in [0, 0.05) is 34.5 Å². The Labute approximate surface area is 161 Å². The van der Waals surface area contributed by atoms with Crippen LogP contribution in [-0.2, 0) is 4.74 Å². The Balaban J connectivity index is 1.63. The smallest absolute Gasteiger partial charge is 0.410 e. The molecule has 1 aliphatic rings. The number of nitrogens with one attached hydrogen (secondary N) is 2. The van der Waals surface area contributed by atoms with Crippen molar-refractivity contribution >= 4 is 38.8 Å². The van der Waals surface area contributed by atoms with Crippen molar-refractivity contribution in [3.05, 3.63) is 34.4 Å². The number of rotatable bonds is 2. The van der Waals surface area contributed by atoms with Crippen LogP contribution in [0.15, 0.2) is 28.7 Å². The minimum absolute atomic E-state index is 0.0816. The van der Waals surface area contributed by atoms with Crippen LogP contribution < -0.4 is 5.32 Å². The topological polar surface area (TPSA) is 74.4 Å². The van der Waals surface area contributed by atoms with E-state index in [4.69, 9.17) is 4.74 Å². The van der Waals surface area contributed by atoms with E-state index >= 15 is 0 Å². The van der Waals surface area contributed by atoms with Crippen LogP contribution in [-0.4, -0.2) is 46.6 Å². The average Bonchev–Trinajstić information content (AvgIpc) is 2.96. The lowest BCUT2D eigenvalue weighted by Gasteiger charge is -2.34. The van der Waals surface area contributed by atoms with Crippen molar-refractivity contribution < 1.29 is 14.3 Å². The summed E-state index contributed by atoms with van der Waals surface area (Å²) in [5, 5.41) is 4.00. The van der Waals surface area contributed by atoms with Crippen LogP contribution in [0.1, 0.15) is 44.1 Å².